The molecule has 2 saturated heterocycles. The molecule has 0 saturated carbocycles. The van der Waals surface area contributed by atoms with E-state index in [2.05, 4.69) is 5.32 Å². The van der Waals surface area contributed by atoms with Crippen LogP contribution in [0.3, 0.4) is 0 Å². The van der Waals surface area contributed by atoms with Crippen molar-refractivity contribution in [1.29, 1.82) is 0 Å². The number of sulfonamides is 1. The van der Waals surface area contributed by atoms with Gasteiger partial charge in [-0.05, 0) is 57.0 Å². The molecule has 2 heterocycles. The summed E-state index contributed by atoms with van der Waals surface area (Å²) in [4.78, 5) is 14.8. The molecule has 0 aliphatic carbocycles. The maximum Gasteiger partial charge on any atom is 0.253 e. The highest BCUT2D eigenvalue weighted by Crippen LogP contribution is 2.21. The van der Waals surface area contributed by atoms with Gasteiger partial charge in [0, 0.05) is 37.8 Å². The van der Waals surface area contributed by atoms with Crippen molar-refractivity contribution in [1.82, 2.24) is 14.5 Å². The Morgan fingerprint density at radius 2 is 1.69 bits per heavy atom. The van der Waals surface area contributed by atoms with Crippen LogP contribution in [-0.2, 0) is 10.0 Å². The van der Waals surface area contributed by atoms with Gasteiger partial charge in [-0.25, -0.2) is 8.42 Å². The number of amides is 1. The van der Waals surface area contributed by atoms with Crippen LogP contribution in [0.5, 0.6) is 0 Å². The topological polar surface area (TPSA) is 69.7 Å². The summed E-state index contributed by atoms with van der Waals surface area (Å²) in [5.41, 5.74) is 0.550. The van der Waals surface area contributed by atoms with E-state index >= 15 is 0 Å². The number of likely N-dealkylation sites (N-methyl/N-ethyl adjacent to an activating group) is 1. The molecule has 8 heteroatoms. The smallest absolute Gasteiger partial charge is 0.253 e. The molecule has 2 aliphatic rings. The molecule has 1 atom stereocenters. The van der Waals surface area contributed by atoms with Gasteiger partial charge in [-0.15, -0.1) is 12.4 Å². The zero-order valence-corrected chi connectivity index (χ0v) is 16.8. The van der Waals surface area contributed by atoms with Crippen LogP contribution in [0.4, 0.5) is 0 Å². The van der Waals surface area contributed by atoms with Gasteiger partial charge in [0.1, 0.15) is 0 Å². The summed E-state index contributed by atoms with van der Waals surface area (Å²) in [6, 6.07) is 6.74. The lowest BCUT2D eigenvalue weighted by molar-refractivity contribution is 0.0698. The SMILES string of the molecule is CNC1CCCN(C(=O)c2ccc(S(=O)(=O)N3CCCCC3)cc2)C1.Cl. The van der Waals surface area contributed by atoms with Gasteiger partial charge in [0.05, 0.1) is 4.90 Å². The van der Waals surface area contributed by atoms with Crippen LogP contribution >= 0.6 is 12.4 Å². The fourth-order valence-electron chi connectivity index (χ4n) is 3.60. The van der Waals surface area contributed by atoms with Gasteiger partial charge in [0.15, 0.2) is 0 Å². The second kappa shape index (κ2) is 9.17. The molecule has 1 aromatic rings. The van der Waals surface area contributed by atoms with Crippen LogP contribution in [0, 0.1) is 0 Å². The highest BCUT2D eigenvalue weighted by Gasteiger charge is 2.27. The summed E-state index contributed by atoms with van der Waals surface area (Å²) in [6.45, 7) is 2.62. The fourth-order valence-corrected chi connectivity index (χ4v) is 5.12. The van der Waals surface area contributed by atoms with E-state index in [1.54, 1.807) is 28.6 Å². The Morgan fingerprint density at radius 3 is 2.31 bits per heavy atom. The van der Waals surface area contributed by atoms with Gasteiger partial charge in [0.2, 0.25) is 10.0 Å². The molecule has 26 heavy (non-hydrogen) atoms. The predicted molar refractivity (Wildman–Crippen MR) is 104 cm³/mol. The van der Waals surface area contributed by atoms with Crippen molar-refractivity contribution >= 4 is 28.3 Å². The minimum Gasteiger partial charge on any atom is -0.337 e. The van der Waals surface area contributed by atoms with Gasteiger partial charge in [-0.2, -0.15) is 4.31 Å². The Morgan fingerprint density at radius 1 is 1.04 bits per heavy atom. The number of hydrogen-bond acceptors (Lipinski definition) is 4. The third kappa shape index (κ3) is 4.57. The molecular formula is C18H28ClN3O3S. The number of carbonyl (C=O) groups excluding carboxylic acids is 1. The van der Waals surface area contributed by atoms with E-state index in [1.165, 1.54) is 0 Å². The Hall–Kier alpha value is -1.15. The molecule has 146 valence electrons. The summed E-state index contributed by atoms with van der Waals surface area (Å²) < 4.78 is 26.9. The van der Waals surface area contributed by atoms with Gasteiger partial charge in [0.25, 0.3) is 5.91 Å². The van der Waals surface area contributed by atoms with Gasteiger partial charge in [-0.3, -0.25) is 4.79 Å². The Labute approximate surface area is 162 Å². The number of carbonyl (C=O) groups is 1. The first kappa shape index (κ1) is 21.2. The summed E-state index contributed by atoms with van der Waals surface area (Å²) in [5, 5.41) is 3.23. The first-order valence-corrected chi connectivity index (χ1v) is 10.5. The number of piperidine rings is 2. The lowest BCUT2D eigenvalue weighted by Crippen LogP contribution is -2.46. The van der Waals surface area contributed by atoms with Crippen LogP contribution in [-0.4, -0.2) is 62.8 Å². The second-order valence-electron chi connectivity index (χ2n) is 6.87. The Bertz CT molecular complexity index is 703. The lowest BCUT2D eigenvalue weighted by Gasteiger charge is -2.32. The van der Waals surface area contributed by atoms with Crippen molar-refractivity contribution in [2.45, 2.75) is 43.0 Å². The molecule has 1 N–H and O–H groups in total. The summed E-state index contributed by atoms with van der Waals surface area (Å²) in [7, 11) is -1.53. The maximum absolute atomic E-state index is 12.7. The molecule has 2 fully saturated rings. The van der Waals surface area contributed by atoms with E-state index in [-0.39, 0.29) is 23.2 Å². The zero-order valence-electron chi connectivity index (χ0n) is 15.2. The minimum absolute atomic E-state index is 0. The van der Waals surface area contributed by atoms with Crippen molar-refractivity contribution in [3.05, 3.63) is 29.8 Å². The van der Waals surface area contributed by atoms with E-state index in [9.17, 15) is 13.2 Å². The number of hydrogen-bond donors (Lipinski definition) is 1. The van der Waals surface area contributed by atoms with Crippen LogP contribution in [0.1, 0.15) is 42.5 Å². The molecule has 1 aromatic carbocycles. The molecule has 0 radical (unpaired) electrons. The van der Waals surface area contributed by atoms with Crippen molar-refractivity contribution < 1.29 is 13.2 Å². The van der Waals surface area contributed by atoms with Gasteiger partial charge < -0.3 is 10.2 Å². The molecule has 1 amide bonds. The molecule has 1 unspecified atom stereocenters. The standard InChI is InChI=1S/C18H27N3O3S.ClH/c1-19-16-6-5-11-20(14-16)18(22)15-7-9-17(10-8-15)25(23,24)21-12-3-2-4-13-21;/h7-10,16,19H,2-6,11-14H2,1H3;1H. The van der Waals surface area contributed by atoms with Crippen molar-refractivity contribution in [2.24, 2.45) is 0 Å². The first-order chi connectivity index (χ1) is 12.0. The molecule has 3 rings (SSSR count). The monoisotopic (exact) mass is 401 g/mol. The normalized spacial score (nSPS) is 21.9. The summed E-state index contributed by atoms with van der Waals surface area (Å²) in [5.74, 6) is -0.0260. The predicted octanol–water partition coefficient (Wildman–Crippen LogP) is 2.11. The van der Waals surface area contributed by atoms with Crippen molar-refractivity contribution in [2.75, 3.05) is 33.2 Å². The van der Waals surface area contributed by atoms with E-state index in [4.69, 9.17) is 0 Å². The molecule has 6 nitrogen and oxygen atoms in total. The number of nitrogens with one attached hydrogen (secondary N) is 1. The van der Waals surface area contributed by atoms with Crippen LogP contribution in [0.25, 0.3) is 0 Å². The van der Waals surface area contributed by atoms with E-state index in [0.717, 1.165) is 38.6 Å². The lowest BCUT2D eigenvalue weighted by atomic mass is 10.0. The summed E-state index contributed by atoms with van der Waals surface area (Å²) in [6.07, 6.45) is 4.98. The maximum atomic E-state index is 12.7. The molecular weight excluding hydrogens is 374 g/mol. The highest BCUT2D eigenvalue weighted by molar-refractivity contribution is 7.89. The minimum atomic E-state index is -3.44. The average molecular weight is 402 g/mol. The molecule has 2 aliphatic heterocycles. The highest BCUT2D eigenvalue weighted by atomic mass is 35.5. The largest absolute Gasteiger partial charge is 0.337 e. The van der Waals surface area contributed by atoms with E-state index in [0.29, 0.717) is 31.2 Å². The number of likely N-dealkylation sites (tertiary alicyclic amines) is 1. The van der Waals surface area contributed by atoms with Gasteiger partial charge in [-0.1, -0.05) is 6.42 Å². The first-order valence-electron chi connectivity index (χ1n) is 9.09. The average Bonchev–Trinajstić information content (AvgIpc) is 2.68. The van der Waals surface area contributed by atoms with Gasteiger partial charge >= 0.3 is 0 Å². The van der Waals surface area contributed by atoms with E-state index in [1.807, 2.05) is 11.9 Å². The molecule has 0 bridgehead atoms. The zero-order chi connectivity index (χ0) is 17.9. The Balaban J connectivity index is 0.00000243. The number of nitrogens with zero attached hydrogens (tertiary/aromatic N) is 2. The third-order valence-electron chi connectivity index (χ3n) is 5.17. The van der Waals surface area contributed by atoms with Crippen molar-refractivity contribution in [3.63, 3.8) is 0 Å². The van der Waals surface area contributed by atoms with Crippen molar-refractivity contribution in [3.8, 4) is 0 Å². The second-order valence-corrected chi connectivity index (χ2v) is 8.81. The number of rotatable bonds is 4. The Kier molecular flexibility index (Phi) is 7.46. The summed E-state index contributed by atoms with van der Waals surface area (Å²) >= 11 is 0. The molecule has 0 spiro atoms. The fraction of sp³-hybridized carbons (Fsp3) is 0.611. The number of benzene rings is 1. The van der Waals surface area contributed by atoms with Crippen LogP contribution < -0.4 is 5.32 Å². The van der Waals surface area contributed by atoms with Crippen LogP contribution in [0.15, 0.2) is 29.2 Å². The third-order valence-corrected chi connectivity index (χ3v) is 7.08. The number of halogens is 1. The molecule has 0 aromatic heterocycles. The van der Waals surface area contributed by atoms with E-state index < -0.39 is 10.0 Å². The quantitative estimate of drug-likeness (QED) is 0.838. The van der Waals surface area contributed by atoms with Crippen LogP contribution in [0.2, 0.25) is 0 Å².